The van der Waals surface area contributed by atoms with E-state index in [1.165, 1.54) is 18.2 Å². The van der Waals surface area contributed by atoms with Gasteiger partial charge in [-0.25, -0.2) is 4.39 Å². The van der Waals surface area contributed by atoms with Crippen molar-refractivity contribution in [1.82, 2.24) is 0 Å². The number of anilines is 1. The lowest BCUT2D eigenvalue weighted by molar-refractivity contribution is 0.0968. The molecular formula is C11H14FNO. The fraction of sp³-hybridized carbons (Fsp3) is 0.364. The molecule has 0 aliphatic carbocycles. The Morgan fingerprint density at radius 3 is 2.64 bits per heavy atom. The average molecular weight is 195 g/mol. The molecule has 0 heterocycles. The van der Waals surface area contributed by atoms with E-state index in [9.17, 15) is 9.18 Å². The summed E-state index contributed by atoms with van der Waals surface area (Å²) in [5.41, 5.74) is 6.17. The van der Waals surface area contributed by atoms with E-state index in [0.29, 0.717) is 12.0 Å². The first-order valence-corrected chi connectivity index (χ1v) is 4.59. The minimum atomic E-state index is -0.413. The maximum absolute atomic E-state index is 12.7. The first-order chi connectivity index (χ1) is 6.50. The van der Waals surface area contributed by atoms with Gasteiger partial charge in [-0.2, -0.15) is 0 Å². The lowest BCUT2D eigenvalue weighted by Gasteiger charge is -2.06. The maximum atomic E-state index is 12.7. The van der Waals surface area contributed by atoms with Crippen molar-refractivity contribution in [3.63, 3.8) is 0 Å². The van der Waals surface area contributed by atoms with Gasteiger partial charge < -0.3 is 5.73 Å². The van der Waals surface area contributed by atoms with E-state index >= 15 is 0 Å². The molecule has 0 spiro atoms. The van der Waals surface area contributed by atoms with Gasteiger partial charge in [0.1, 0.15) is 5.82 Å². The highest BCUT2D eigenvalue weighted by Gasteiger charge is 2.11. The number of nitrogens with two attached hydrogens (primary N) is 1. The first kappa shape index (κ1) is 10.7. The highest BCUT2D eigenvalue weighted by atomic mass is 19.1. The topological polar surface area (TPSA) is 43.1 Å². The van der Waals surface area contributed by atoms with Crippen LogP contribution in [-0.4, -0.2) is 5.78 Å². The summed E-state index contributed by atoms with van der Waals surface area (Å²) >= 11 is 0. The van der Waals surface area contributed by atoms with Crippen molar-refractivity contribution >= 4 is 11.5 Å². The van der Waals surface area contributed by atoms with E-state index in [2.05, 4.69) is 0 Å². The third-order valence-electron chi connectivity index (χ3n) is 1.91. The molecule has 2 nitrogen and oxygen atoms in total. The monoisotopic (exact) mass is 195 g/mol. The van der Waals surface area contributed by atoms with Crippen molar-refractivity contribution in [2.75, 3.05) is 5.73 Å². The minimum Gasteiger partial charge on any atom is -0.398 e. The molecule has 1 aromatic carbocycles. The summed E-state index contributed by atoms with van der Waals surface area (Å²) in [5.74, 6) is -0.159. The van der Waals surface area contributed by atoms with Gasteiger partial charge in [0.05, 0.1) is 0 Å². The van der Waals surface area contributed by atoms with Crippen LogP contribution in [0, 0.1) is 11.7 Å². The number of Topliss-reactive ketones (excluding diaryl/α,β-unsaturated/α-hetero) is 1. The molecule has 0 atom stereocenters. The van der Waals surface area contributed by atoms with E-state index in [-0.39, 0.29) is 17.4 Å². The van der Waals surface area contributed by atoms with E-state index in [4.69, 9.17) is 5.73 Å². The Kier molecular flexibility index (Phi) is 3.23. The normalized spacial score (nSPS) is 10.6. The zero-order valence-corrected chi connectivity index (χ0v) is 8.38. The number of halogens is 1. The predicted octanol–water partition coefficient (Wildman–Crippen LogP) is 2.64. The first-order valence-electron chi connectivity index (χ1n) is 4.59. The van der Waals surface area contributed by atoms with Gasteiger partial charge in [0, 0.05) is 17.7 Å². The largest absolute Gasteiger partial charge is 0.398 e. The molecular weight excluding hydrogens is 181 g/mol. The predicted molar refractivity (Wildman–Crippen MR) is 54.6 cm³/mol. The summed E-state index contributed by atoms with van der Waals surface area (Å²) in [6.07, 6.45) is 0.440. The number of rotatable bonds is 3. The zero-order valence-electron chi connectivity index (χ0n) is 8.38. The summed E-state index contributed by atoms with van der Waals surface area (Å²) in [4.78, 5) is 11.6. The summed E-state index contributed by atoms with van der Waals surface area (Å²) in [7, 11) is 0. The van der Waals surface area contributed by atoms with Crippen LogP contribution in [0.2, 0.25) is 0 Å². The molecule has 0 saturated carbocycles. The lowest BCUT2D eigenvalue weighted by atomic mass is 10.00. The van der Waals surface area contributed by atoms with Gasteiger partial charge in [0.15, 0.2) is 5.78 Å². The summed E-state index contributed by atoms with van der Waals surface area (Å²) < 4.78 is 12.7. The lowest BCUT2D eigenvalue weighted by Crippen LogP contribution is -2.07. The molecule has 0 aliphatic heterocycles. The number of carbonyl (C=O) groups excluding carboxylic acids is 1. The molecule has 76 valence electrons. The van der Waals surface area contributed by atoms with E-state index < -0.39 is 5.82 Å². The standard InChI is InChI=1S/C11H14FNO/c1-7(2)5-11(14)9-4-3-8(12)6-10(9)13/h3-4,6-7H,5,13H2,1-2H3. The molecule has 0 aromatic heterocycles. The Balaban J connectivity index is 2.90. The highest BCUT2D eigenvalue weighted by Crippen LogP contribution is 2.17. The average Bonchev–Trinajstić information content (AvgIpc) is 2.01. The van der Waals surface area contributed by atoms with Crippen molar-refractivity contribution in [2.24, 2.45) is 5.92 Å². The molecule has 0 saturated heterocycles. The smallest absolute Gasteiger partial charge is 0.165 e. The number of hydrogen-bond donors (Lipinski definition) is 1. The van der Waals surface area contributed by atoms with Crippen LogP contribution in [0.15, 0.2) is 18.2 Å². The highest BCUT2D eigenvalue weighted by molar-refractivity contribution is 6.00. The third kappa shape index (κ3) is 2.55. The Labute approximate surface area is 82.9 Å². The molecule has 0 aliphatic rings. The molecule has 0 amide bonds. The van der Waals surface area contributed by atoms with Gasteiger partial charge in [-0.05, 0) is 24.1 Å². The van der Waals surface area contributed by atoms with E-state index in [1.807, 2.05) is 13.8 Å². The van der Waals surface area contributed by atoms with E-state index in [0.717, 1.165) is 0 Å². The Morgan fingerprint density at radius 1 is 1.50 bits per heavy atom. The summed E-state index contributed by atoms with van der Waals surface area (Å²) in [5, 5.41) is 0. The van der Waals surface area contributed by atoms with Crippen LogP contribution in [0.3, 0.4) is 0 Å². The number of benzene rings is 1. The van der Waals surface area contributed by atoms with Crippen LogP contribution in [0.4, 0.5) is 10.1 Å². The number of nitrogen functional groups attached to an aromatic ring is 1. The Morgan fingerprint density at radius 2 is 2.14 bits per heavy atom. The SMILES string of the molecule is CC(C)CC(=O)c1ccc(F)cc1N. The van der Waals surface area contributed by atoms with Gasteiger partial charge in [-0.1, -0.05) is 13.8 Å². The van der Waals surface area contributed by atoms with Crippen molar-refractivity contribution < 1.29 is 9.18 Å². The fourth-order valence-corrected chi connectivity index (χ4v) is 1.27. The van der Waals surface area contributed by atoms with Crippen molar-refractivity contribution in [1.29, 1.82) is 0 Å². The second-order valence-electron chi connectivity index (χ2n) is 3.75. The van der Waals surface area contributed by atoms with Gasteiger partial charge >= 0.3 is 0 Å². The second kappa shape index (κ2) is 4.22. The van der Waals surface area contributed by atoms with Crippen molar-refractivity contribution in [3.8, 4) is 0 Å². The molecule has 0 bridgehead atoms. The molecule has 1 rings (SSSR count). The summed E-state index contributed by atoms with van der Waals surface area (Å²) in [6.45, 7) is 3.91. The number of ketones is 1. The third-order valence-corrected chi connectivity index (χ3v) is 1.91. The van der Waals surface area contributed by atoms with Crippen LogP contribution in [0.1, 0.15) is 30.6 Å². The van der Waals surface area contributed by atoms with Crippen LogP contribution in [0.5, 0.6) is 0 Å². The van der Waals surface area contributed by atoms with Crippen LogP contribution < -0.4 is 5.73 Å². The quantitative estimate of drug-likeness (QED) is 0.595. The number of carbonyl (C=O) groups is 1. The van der Waals surface area contributed by atoms with Crippen LogP contribution >= 0.6 is 0 Å². The molecule has 3 heteroatoms. The van der Waals surface area contributed by atoms with Crippen molar-refractivity contribution in [2.45, 2.75) is 20.3 Å². The molecule has 2 N–H and O–H groups in total. The van der Waals surface area contributed by atoms with Gasteiger partial charge in [-0.15, -0.1) is 0 Å². The fourth-order valence-electron chi connectivity index (χ4n) is 1.27. The Bertz CT molecular complexity index is 347. The minimum absolute atomic E-state index is 0.0301. The summed E-state index contributed by atoms with van der Waals surface area (Å²) in [6, 6.07) is 3.87. The van der Waals surface area contributed by atoms with Gasteiger partial charge in [0.25, 0.3) is 0 Å². The Hall–Kier alpha value is -1.38. The molecule has 1 aromatic rings. The van der Waals surface area contributed by atoms with E-state index in [1.54, 1.807) is 0 Å². The van der Waals surface area contributed by atoms with Crippen LogP contribution in [0.25, 0.3) is 0 Å². The van der Waals surface area contributed by atoms with Crippen molar-refractivity contribution in [3.05, 3.63) is 29.6 Å². The van der Waals surface area contributed by atoms with Gasteiger partial charge in [-0.3, -0.25) is 4.79 Å². The molecule has 0 unspecified atom stereocenters. The second-order valence-corrected chi connectivity index (χ2v) is 3.75. The molecule has 0 radical (unpaired) electrons. The van der Waals surface area contributed by atoms with Gasteiger partial charge in [0.2, 0.25) is 0 Å². The van der Waals surface area contributed by atoms with Crippen LogP contribution in [-0.2, 0) is 0 Å². The molecule has 0 fully saturated rings. The number of hydrogen-bond acceptors (Lipinski definition) is 2. The zero-order chi connectivity index (χ0) is 10.7. The molecule has 14 heavy (non-hydrogen) atoms. The maximum Gasteiger partial charge on any atom is 0.165 e.